The minimum absolute atomic E-state index is 0.200. The molecule has 3 aromatic carbocycles. The minimum Gasteiger partial charge on any atom is -0.491 e. The van der Waals surface area contributed by atoms with E-state index in [2.05, 4.69) is 9.89 Å². The van der Waals surface area contributed by atoms with Gasteiger partial charge in [-0.1, -0.05) is 23.7 Å². The number of nitrogens with zero attached hydrogens (tertiary/aromatic N) is 3. The summed E-state index contributed by atoms with van der Waals surface area (Å²) in [7, 11) is 0. The van der Waals surface area contributed by atoms with Gasteiger partial charge in [-0.05, 0) is 48.4 Å². The molecule has 4 N–H and O–H groups in total. The van der Waals surface area contributed by atoms with Gasteiger partial charge in [-0.15, -0.1) is 0 Å². The summed E-state index contributed by atoms with van der Waals surface area (Å²) in [5.74, 6) is 0.780. The minimum atomic E-state index is -0.518. The van der Waals surface area contributed by atoms with Gasteiger partial charge in [0.1, 0.15) is 30.1 Å². The molecule has 10 heteroatoms. The molecule has 38 heavy (non-hydrogen) atoms. The molecule has 0 amide bonds. The number of benzene rings is 3. The van der Waals surface area contributed by atoms with Gasteiger partial charge < -0.3 is 30.6 Å². The van der Waals surface area contributed by atoms with Crippen molar-refractivity contribution < 1.29 is 18.6 Å². The van der Waals surface area contributed by atoms with Crippen molar-refractivity contribution >= 4 is 35.0 Å². The van der Waals surface area contributed by atoms with Crippen molar-refractivity contribution in [2.75, 3.05) is 50.1 Å². The molecule has 0 aromatic heterocycles. The second-order valence-corrected chi connectivity index (χ2v) is 9.64. The number of ether oxygens (including phenoxy) is 3. The van der Waals surface area contributed by atoms with E-state index in [1.54, 1.807) is 30.6 Å². The maximum atomic E-state index is 13.4. The van der Waals surface area contributed by atoms with Crippen LogP contribution in [0.15, 0.2) is 59.6 Å². The Bertz CT molecular complexity index is 1300. The number of fused-ring (bicyclic) bond motifs is 1. The number of nitrogens with two attached hydrogens (primary N) is 2. The Morgan fingerprint density at radius 2 is 1.89 bits per heavy atom. The summed E-state index contributed by atoms with van der Waals surface area (Å²) in [5, 5.41) is 0.408. The van der Waals surface area contributed by atoms with E-state index in [0.717, 1.165) is 50.5 Å². The summed E-state index contributed by atoms with van der Waals surface area (Å²) in [4.78, 5) is 8.78. The molecule has 1 unspecified atom stereocenters. The highest BCUT2D eigenvalue weighted by molar-refractivity contribution is 6.32. The van der Waals surface area contributed by atoms with E-state index in [1.165, 1.54) is 12.1 Å². The van der Waals surface area contributed by atoms with Crippen molar-refractivity contribution in [2.24, 2.45) is 10.7 Å². The first-order valence-electron chi connectivity index (χ1n) is 12.6. The second kappa shape index (κ2) is 12.0. The molecule has 1 fully saturated rings. The van der Waals surface area contributed by atoms with E-state index < -0.39 is 6.17 Å². The number of hydrogen-bond acceptors (Lipinski definition) is 8. The van der Waals surface area contributed by atoms with Crippen LogP contribution in [-0.2, 0) is 11.3 Å². The van der Waals surface area contributed by atoms with Gasteiger partial charge in [0.05, 0.1) is 42.6 Å². The highest BCUT2D eigenvalue weighted by Crippen LogP contribution is 2.40. The average molecular weight is 540 g/mol. The lowest BCUT2D eigenvalue weighted by Crippen LogP contribution is -2.37. The molecule has 1 saturated heterocycles. The van der Waals surface area contributed by atoms with Crippen molar-refractivity contribution in [1.82, 2.24) is 4.90 Å². The van der Waals surface area contributed by atoms with Gasteiger partial charge in [-0.25, -0.2) is 9.38 Å². The van der Waals surface area contributed by atoms with Crippen LogP contribution in [0.1, 0.15) is 23.7 Å². The maximum absolute atomic E-state index is 13.4. The first-order valence-corrected chi connectivity index (χ1v) is 13.0. The Hall–Kier alpha value is -3.37. The Kier molecular flexibility index (Phi) is 8.29. The third-order valence-electron chi connectivity index (χ3n) is 6.58. The fourth-order valence-corrected chi connectivity index (χ4v) is 4.73. The highest BCUT2D eigenvalue weighted by Gasteiger charge is 2.25. The molecule has 1 atom stereocenters. The van der Waals surface area contributed by atoms with Crippen LogP contribution >= 0.6 is 11.6 Å². The number of hydrogen-bond donors (Lipinski definition) is 2. The molecule has 0 spiro atoms. The van der Waals surface area contributed by atoms with Gasteiger partial charge in [0.2, 0.25) is 0 Å². The van der Waals surface area contributed by atoms with Gasteiger partial charge in [0.15, 0.2) is 0 Å². The molecule has 2 aliphatic rings. The van der Waals surface area contributed by atoms with E-state index in [9.17, 15) is 4.39 Å². The monoisotopic (exact) mass is 539 g/mol. The Morgan fingerprint density at radius 3 is 2.68 bits per heavy atom. The van der Waals surface area contributed by atoms with E-state index >= 15 is 0 Å². The van der Waals surface area contributed by atoms with Crippen LogP contribution in [0.3, 0.4) is 0 Å². The van der Waals surface area contributed by atoms with Crippen LogP contribution in [0.5, 0.6) is 11.5 Å². The number of halogens is 2. The van der Waals surface area contributed by atoms with Gasteiger partial charge >= 0.3 is 0 Å². The quantitative estimate of drug-likeness (QED) is 0.295. The van der Waals surface area contributed by atoms with Gasteiger partial charge in [0, 0.05) is 37.0 Å². The first-order chi connectivity index (χ1) is 18.5. The largest absolute Gasteiger partial charge is 0.491 e. The zero-order chi connectivity index (χ0) is 26.5. The number of morpholine rings is 1. The average Bonchev–Trinajstić information content (AvgIpc) is 2.92. The number of anilines is 2. The molecular weight excluding hydrogens is 509 g/mol. The van der Waals surface area contributed by atoms with Crippen LogP contribution in [0, 0.1) is 5.82 Å². The fourth-order valence-electron chi connectivity index (χ4n) is 4.50. The van der Waals surface area contributed by atoms with E-state index in [0.29, 0.717) is 40.1 Å². The first kappa shape index (κ1) is 26.2. The van der Waals surface area contributed by atoms with E-state index in [-0.39, 0.29) is 12.4 Å². The molecule has 200 valence electrons. The van der Waals surface area contributed by atoms with Crippen LogP contribution < -0.4 is 25.8 Å². The maximum Gasteiger partial charge on any atom is 0.144 e. The third kappa shape index (κ3) is 6.19. The van der Waals surface area contributed by atoms with Crippen LogP contribution in [-0.4, -0.2) is 50.7 Å². The molecule has 8 nitrogen and oxygen atoms in total. The van der Waals surface area contributed by atoms with Crippen LogP contribution in [0.4, 0.5) is 21.5 Å². The lowest BCUT2D eigenvalue weighted by Gasteiger charge is -2.32. The van der Waals surface area contributed by atoms with Gasteiger partial charge in [0.25, 0.3) is 0 Å². The molecule has 3 aromatic rings. The summed E-state index contributed by atoms with van der Waals surface area (Å²) in [6, 6.07) is 15.3. The fraction of sp³-hybridized carbons (Fsp3) is 0.321. The number of rotatable bonds is 9. The van der Waals surface area contributed by atoms with E-state index in [1.807, 2.05) is 23.1 Å². The Morgan fingerprint density at radius 1 is 1.05 bits per heavy atom. The molecule has 0 saturated carbocycles. The lowest BCUT2D eigenvalue weighted by molar-refractivity contribution is 0.0358. The number of aliphatic imine (C=N–C) groups is 1. The predicted octanol–water partition coefficient (Wildman–Crippen LogP) is 4.88. The van der Waals surface area contributed by atoms with Crippen molar-refractivity contribution in [3.05, 3.63) is 76.6 Å². The molecule has 0 radical (unpaired) electrons. The summed E-state index contributed by atoms with van der Waals surface area (Å²) in [5.41, 5.74) is 16.4. The Labute approximate surface area is 226 Å². The van der Waals surface area contributed by atoms with Gasteiger partial charge in [-0.2, -0.15) is 0 Å². The third-order valence-corrected chi connectivity index (χ3v) is 6.87. The Balaban J connectivity index is 1.21. The molecule has 0 aliphatic carbocycles. The van der Waals surface area contributed by atoms with E-state index in [4.69, 9.17) is 37.3 Å². The molecule has 0 bridgehead atoms. The summed E-state index contributed by atoms with van der Waals surface area (Å²) >= 11 is 6.49. The van der Waals surface area contributed by atoms with Crippen molar-refractivity contribution in [2.45, 2.75) is 19.2 Å². The predicted molar refractivity (Wildman–Crippen MR) is 148 cm³/mol. The second-order valence-electron chi connectivity index (χ2n) is 9.23. The molecule has 2 heterocycles. The summed E-state index contributed by atoms with van der Waals surface area (Å²) < 4.78 is 30.6. The van der Waals surface area contributed by atoms with Crippen LogP contribution in [0.2, 0.25) is 5.02 Å². The summed E-state index contributed by atoms with van der Waals surface area (Å²) in [6.45, 7) is 5.21. The lowest BCUT2D eigenvalue weighted by atomic mass is 10.1. The highest BCUT2D eigenvalue weighted by atomic mass is 35.5. The smallest absolute Gasteiger partial charge is 0.144 e. The zero-order valence-corrected chi connectivity index (χ0v) is 21.7. The van der Waals surface area contributed by atoms with Gasteiger partial charge in [-0.3, -0.25) is 4.90 Å². The van der Waals surface area contributed by atoms with Crippen molar-refractivity contribution in [3.63, 3.8) is 0 Å². The molecular formula is C28H31ClFN5O3. The normalized spacial score (nSPS) is 17.3. The zero-order valence-electron chi connectivity index (χ0n) is 21.0. The van der Waals surface area contributed by atoms with Crippen molar-refractivity contribution in [1.29, 1.82) is 0 Å². The summed E-state index contributed by atoms with van der Waals surface area (Å²) in [6.07, 6.45) is 2.05. The number of nitrogen functional groups attached to an aromatic ring is 1. The topological polar surface area (TPSA) is 98.6 Å². The SMILES string of the molecule is Nc1cc2c(cc1OCCCN1CCOCC1)N=CN(c1ccc(OCc3cccc(F)c3)c(Cl)c1)C2N. The molecule has 5 rings (SSSR count). The molecule has 2 aliphatic heterocycles. The van der Waals surface area contributed by atoms with Crippen molar-refractivity contribution in [3.8, 4) is 11.5 Å². The van der Waals surface area contributed by atoms with Crippen LogP contribution in [0.25, 0.3) is 0 Å². The standard InChI is InChI=1S/C28H31ClFN5O3/c29-23-14-21(5-6-26(23)38-17-19-3-1-4-20(30)13-19)35-18-33-25-16-27(24(31)15-22(25)28(35)32)37-10-2-7-34-8-11-36-12-9-34/h1,3-6,13-16,18,28H,2,7-12,17,31-32H2.